The zero-order valence-corrected chi connectivity index (χ0v) is 10.6. The van der Waals surface area contributed by atoms with Gasteiger partial charge in [0.25, 0.3) is 0 Å². The van der Waals surface area contributed by atoms with E-state index in [0.717, 1.165) is 12.1 Å². The second kappa shape index (κ2) is 4.02. The van der Waals surface area contributed by atoms with Gasteiger partial charge in [0.1, 0.15) is 0 Å². The Hall–Kier alpha value is -2.02. The topological polar surface area (TPSA) is 12.0 Å². The molecule has 2 aromatic rings. The SMILES string of the molecule is C=C1Nc2ccccc2C1(C)Cc1ccccc1. The summed E-state index contributed by atoms with van der Waals surface area (Å²) in [5, 5.41) is 3.41. The fourth-order valence-electron chi connectivity index (χ4n) is 2.74. The van der Waals surface area contributed by atoms with E-state index < -0.39 is 0 Å². The number of hydrogen-bond acceptors (Lipinski definition) is 1. The van der Waals surface area contributed by atoms with Crippen LogP contribution in [0.15, 0.2) is 66.9 Å². The molecule has 0 saturated carbocycles. The van der Waals surface area contributed by atoms with E-state index in [-0.39, 0.29) is 5.41 Å². The molecule has 18 heavy (non-hydrogen) atoms. The third-order valence-corrected chi connectivity index (χ3v) is 3.87. The highest BCUT2D eigenvalue weighted by atomic mass is 14.9. The van der Waals surface area contributed by atoms with Gasteiger partial charge in [0, 0.05) is 16.8 Å². The second-order valence-electron chi connectivity index (χ2n) is 5.14. The van der Waals surface area contributed by atoms with Gasteiger partial charge in [-0.25, -0.2) is 0 Å². The predicted octanol–water partition coefficient (Wildman–Crippen LogP) is 4.13. The number of para-hydroxylation sites is 1. The third-order valence-electron chi connectivity index (χ3n) is 3.87. The fraction of sp³-hybridized carbons (Fsp3) is 0.176. The zero-order valence-electron chi connectivity index (χ0n) is 10.6. The Balaban J connectivity index is 2.02. The van der Waals surface area contributed by atoms with E-state index in [2.05, 4.69) is 73.4 Å². The van der Waals surface area contributed by atoms with Crippen molar-refractivity contribution in [3.8, 4) is 0 Å². The van der Waals surface area contributed by atoms with Crippen LogP contribution in [-0.2, 0) is 11.8 Å². The number of fused-ring (bicyclic) bond motifs is 1. The highest BCUT2D eigenvalue weighted by molar-refractivity contribution is 5.67. The summed E-state index contributed by atoms with van der Waals surface area (Å²) in [6.07, 6.45) is 0.983. The fourth-order valence-corrected chi connectivity index (χ4v) is 2.74. The lowest BCUT2D eigenvalue weighted by atomic mass is 9.77. The van der Waals surface area contributed by atoms with E-state index in [1.807, 2.05) is 0 Å². The molecule has 0 fully saturated rings. The van der Waals surface area contributed by atoms with Gasteiger partial charge >= 0.3 is 0 Å². The molecule has 3 rings (SSSR count). The number of benzene rings is 2. The first-order valence-corrected chi connectivity index (χ1v) is 6.30. The molecule has 1 unspecified atom stereocenters. The Kier molecular flexibility index (Phi) is 2.48. The van der Waals surface area contributed by atoms with Crippen LogP contribution >= 0.6 is 0 Å². The molecular weight excluding hydrogens is 218 g/mol. The van der Waals surface area contributed by atoms with Crippen molar-refractivity contribution in [2.75, 3.05) is 5.32 Å². The van der Waals surface area contributed by atoms with Crippen LogP contribution in [0.4, 0.5) is 5.69 Å². The molecule has 1 aliphatic heterocycles. The normalized spacial score (nSPS) is 21.5. The van der Waals surface area contributed by atoms with Crippen molar-refractivity contribution in [1.82, 2.24) is 0 Å². The van der Waals surface area contributed by atoms with Crippen molar-refractivity contribution in [3.05, 3.63) is 78.0 Å². The van der Waals surface area contributed by atoms with Crippen LogP contribution in [0.3, 0.4) is 0 Å². The number of rotatable bonds is 2. The molecule has 0 aliphatic carbocycles. The average Bonchev–Trinajstić information content (AvgIpc) is 2.63. The van der Waals surface area contributed by atoms with Gasteiger partial charge in [0.2, 0.25) is 0 Å². The van der Waals surface area contributed by atoms with Crippen molar-refractivity contribution < 1.29 is 0 Å². The van der Waals surface area contributed by atoms with Gasteiger partial charge in [-0.2, -0.15) is 0 Å². The van der Waals surface area contributed by atoms with E-state index in [9.17, 15) is 0 Å². The van der Waals surface area contributed by atoms with Crippen LogP contribution in [-0.4, -0.2) is 0 Å². The molecule has 0 aromatic heterocycles. The minimum Gasteiger partial charge on any atom is -0.358 e. The van der Waals surface area contributed by atoms with Crippen molar-refractivity contribution in [2.45, 2.75) is 18.8 Å². The van der Waals surface area contributed by atoms with Crippen LogP contribution in [0, 0.1) is 0 Å². The molecule has 90 valence electrons. The van der Waals surface area contributed by atoms with Crippen LogP contribution in [0.25, 0.3) is 0 Å². The smallest absolute Gasteiger partial charge is 0.0424 e. The van der Waals surface area contributed by atoms with Gasteiger partial charge in [0.05, 0.1) is 0 Å². The monoisotopic (exact) mass is 235 g/mol. The Morgan fingerprint density at radius 1 is 1.00 bits per heavy atom. The molecule has 1 aliphatic rings. The van der Waals surface area contributed by atoms with Crippen LogP contribution in [0.2, 0.25) is 0 Å². The first-order chi connectivity index (χ1) is 8.70. The molecule has 1 N–H and O–H groups in total. The summed E-state index contributed by atoms with van der Waals surface area (Å²) in [6, 6.07) is 19.1. The molecule has 1 nitrogen and oxygen atoms in total. The highest BCUT2D eigenvalue weighted by Gasteiger charge is 2.37. The Labute approximate surface area is 108 Å². The molecule has 2 aromatic carbocycles. The predicted molar refractivity (Wildman–Crippen MR) is 76.7 cm³/mol. The maximum atomic E-state index is 4.21. The van der Waals surface area contributed by atoms with E-state index in [1.165, 1.54) is 16.8 Å². The minimum atomic E-state index is -0.0159. The number of anilines is 1. The van der Waals surface area contributed by atoms with Crippen LogP contribution < -0.4 is 5.32 Å². The van der Waals surface area contributed by atoms with Crippen LogP contribution in [0.1, 0.15) is 18.1 Å². The molecule has 0 spiro atoms. The molecule has 0 radical (unpaired) electrons. The van der Waals surface area contributed by atoms with Crippen molar-refractivity contribution >= 4 is 5.69 Å². The summed E-state index contributed by atoms with van der Waals surface area (Å²) in [6.45, 7) is 6.47. The van der Waals surface area contributed by atoms with Crippen molar-refractivity contribution in [3.63, 3.8) is 0 Å². The number of nitrogens with one attached hydrogen (secondary N) is 1. The summed E-state index contributed by atoms with van der Waals surface area (Å²) < 4.78 is 0. The first-order valence-electron chi connectivity index (χ1n) is 6.30. The molecule has 1 heteroatoms. The summed E-state index contributed by atoms with van der Waals surface area (Å²) in [5.74, 6) is 0. The van der Waals surface area contributed by atoms with Crippen LogP contribution in [0.5, 0.6) is 0 Å². The zero-order chi connectivity index (χ0) is 12.6. The summed E-state index contributed by atoms with van der Waals surface area (Å²) in [7, 11) is 0. The first kappa shape index (κ1) is 11.1. The summed E-state index contributed by atoms with van der Waals surface area (Å²) >= 11 is 0. The Morgan fingerprint density at radius 3 is 2.44 bits per heavy atom. The molecule has 0 bridgehead atoms. The van der Waals surface area contributed by atoms with E-state index in [4.69, 9.17) is 0 Å². The van der Waals surface area contributed by atoms with E-state index >= 15 is 0 Å². The largest absolute Gasteiger partial charge is 0.358 e. The average molecular weight is 235 g/mol. The number of hydrogen-bond donors (Lipinski definition) is 1. The Morgan fingerprint density at radius 2 is 1.67 bits per heavy atom. The maximum absolute atomic E-state index is 4.21. The quantitative estimate of drug-likeness (QED) is 0.825. The van der Waals surface area contributed by atoms with Gasteiger partial charge in [-0.15, -0.1) is 0 Å². The summed E-state index contributed by atoms with van der Waals surface area (Å²) in [4.78, 5) is 0. The maximum Gasteiger partial charge on any atom is 0.0424 e. The van der Waals surface area contributed by atoms with Gasteiger partial charge in [-0.3, -0.25) is 0 Å². The van der Waals surface area contributed by atoms with Gasteiger partial charge in [-0.05, 0) is 30.5 Å². The van der Waals surface area contributed by atoms with Gasteiger partial charge in [-0.1, -0.05) is 55.1 Å². The lowest BCUT2D eigenvalue weighted by Gasteiger charge is -2.26. The second-order valence-corrected chi connectivity index (χ2v) is 5.14. The standard InChI is InChI=1S/C17H17N/c1-13-17(2,12-14-8-4-3-5-9-14)15-10-6-7-11-16(15)18-13/h3-11,18H,1,12H2,2H3. The Bertz CT molecular complexity index is 586. The third kappa shape index (κ3) is 1.63. The molecular formula is C17H17N. The molecule has 1 atom stereocenters. The molecule has 0 amide bonds. The molecule has 1 heterocycles. The van der Waals surface area contributed by atoms with Crippen molar-refractivity contribution in [1.29, 1.82) is 0 Å². The minimum absolute atomic E-state index is 0.0159. The van der Waals surface area contributed by atoms with E-state index in [1.54, 1.807) is 0 Å². The van der Waals surface area contributed by atoms with Gasteiger partial charge in [0.15, 0.2) is 0 Å². The lowest BCUT2D eigenvalue weighted by molar-refractivity contribution is 0.580. The summed E-state index contributed by atoms with van der Waals surface area (Å²) in [5.41, 5.74) is 4.96. The lowest BCUT2D eigenvalue weighted by Crippen LogP contribution is -2.24. The van der Waals surface area contributed by atoms with Crippen molar-refractivity contribution in [2.24, 2.45) is 0 Å². The van der Waals surface area contributed by atoms with E-state index in [0.29, 0.717) is 0 Å². The highest BCUT2D eigenvalue weighted by Crippen LogP contribution is 2.44. The number of allylic oxidation sites excluding steroid dienone is 1. The van der Waals surface area contributed by atoms with Gasteiger partial charge < -0.3 is 5.32 Å². The molecule has 0 saturated heterocycles.